The number of benzene rings is 1. The van der Waals surface area contributed by atoms with E-state index in [4.69, 9.17) is 9.47 Å². The van der Waals surface area contributed by atoms with Gasteiger partial charge in [0.15, 0.2) is 0 Å². The highest BCUT2D eigenvalue weighted by atomic mass is 16.5. The van der Waals surface area contributed by atoms with Crippen molar-refractivity contribution < 1.29 is 14.3 Å². The number of hydrogen-bond donors (Lipinski definition) is 0. The molecule has 2 atom stereocenters. The molecule has 138 valence electrons. The van der Waals surface area contributed by atoms with Gasteiger partial charge in [0.1, 0.15) is 11.4 Å². The SMILES string of the molecule is COc1cccc(-c2cc(C(=O)N3C4CCC3CC(OC)C4)n(C)n2)c1. The number of carbonyl (C=O) groups excluding carboxylic acids is 1. The largest absolute Gasteiger partial charge is 0.497 e. The first-order valence-corrected chi connectivity index (χ1v) is 9.14. The van der Waals surface area contributed by atoms with Crippen LogP contribution in [0.15, 0.2) is 30.3 Å². The fourth-order valence-corrected chi connectivity index (χ4v) is 4.37. The third-order valence-electron chi connectivity index (χ3n) is 5.72. The average Bonchev–Trinajstić information content (AvgIpc) is 3.18. The Kier molecular flexibility index (Phi) is 4.44. The second-order valence-corrected chi connectivity index (χ2v) is 7.20. The van der Waals surface area contributed by atoms with Crippen LogP contribution in [0.2, 0.25) is 0 Å². The lowest BCUT2D eigenvalue weighted by molar-refractivity contribution is 0.00771. The molecule has 0 aliphatic carbocycles. The molecule has 1 aromatic heterocycles. The van der Waals surface area contributed by atoms with Gasteiger partial charge in [0, 0.05) is 31.8 Å². The number of amides is 1. The molecule has 0 spiro atoms. The van der Waals surface area contributed by atoms with Crippen LogP contribution in [-0.2, 0) is 11.8 Å². The van der Waals surface area contributed by atoms with Crippen LogP contribution >= 0.6 is 0 Å². The van der Waals surface area contributed by atoms with Gasteiger partial charge in [0.2, 0.25) is 0 Å². The number of hydrogen-bond acceptors (Lipinski definition) is 4. The third kappa shape index (κ3) is 2.88. The van der Waals surface area contributed by atoms with Crippen molar-refractivity contribution in [3.63, 3.8) is 0 Å². The quantitative estimate of drug-likeness (QED) is 0.846. The van der Waals surface area contributed by atoms with Crippen LogP contribution in [-0.4, -0.2) is 53.0 Å². The zero-order valence-electron chi connectivity index (χ0n) is 15.5. The number of carbonyl (C=O) groups is 1. The first-order valence-electron chi connectivity index (χ1n) is 9.14. The number of aryl methyl sites for hydroxylation is 1. The number of nitrogens with zero attached hydrogens (tertiary/aromatic N) is 3. The normalized spacial score (nSPS) is 24.7. The molecule has 0 N–H and O–H groups in total. The molecular formula is C20H25N3O3. The molecule has 2 aliphatic heterocycles. The minimum absolute atomic E-state index is 0.0798. The lowest BCUT2D eigenvalue weighted by Crippen LogP contribution is -2.48. The van der Waals surface area contributed by atoms with Crippen LogP contribution in [0.5, 0.6) is 5.75 Å². The standard InChI is InChI=1S/C20H25N3O3/c1-22-19(12-18(21-22)13-5-4-6-16(9-13)25-2)20(24)23-14-7-8-15(23)11-17(10-14)26-3/h4-6,9,12,14-15,17H,7-8,10-11H2,1-3H3. The van der Waals surface area contributed by atoms with E-state index in [2.05, 4.69) is 10.00 Å². The predicted octanol–water partition coefficient (Wildman–Crippen LogP) is 2.88. The van der Waals surface area contributed by atoms with Crippen molar-refractivity contribution in [1.82, 2.24) is 14.7 Å². The smallest absolute Gasteiger partial charge is 0.272 e. The van der Waals surface area contributed by atoms with Crippen molar-refractivity contribution in [1.29, 1.82) is 0 Å². The van der Waals surface area contributed by atoms with E-state index >= 15 is 0 Å². The average molecular weight is 355 g/mol. The van der Waals surface area contributed by atoms with Gasteiger partial charge < -0.3 is 14.4 Å². The van der Waals surface area contributed by atoms with Crippen LogP contribution in [0.4, 0.5) is 0 Å². The van der Waals surface area contributed by atoms with Crippen LogP contribution in [0, 0.1) is 0 Å². The van der Waals surface area contributed by atoms with Crippen LogP contribution < -0.4 is 4.74 Å². The maximum Gasteiger partial charge on any atom is 0.272 e. The van der Waals surface area contributed by atoms with E-state index in [1.54, 1.807) is 18.9 Å². The van der Waals surface area contributed by atoms with Gasteiger partial charge in [-0.1, -0.05) is 12.1 Å². The third-order valence-corrected chi connectivity index (χ3v) is 5.72. The minimum Gasteiger partial charge on any atom is -0.497 e. The summed E-state index contributed by atoms with van der Waals surface area (Å²) in [6.45, 7) is 0. The van der Waals surface area contributed by atoms with Gasteiger partial charge in [-0.05, 0) is 43.9 Å². The topological polar surface area (TPSA) is 56.6 Å². The van der Waals surface area contributed by atoms with E-state index in [0.717, 1.165) is 42.7 Å². The van der Waals surface area contributed by atoms with Crippen molar-refractivity contribution in [2.45, 2.75) is 43.9 Å². The molecule has 26 heavy (non-hydrogen) atoms. The second kappa shape index (κ2) is 6.76. The molecule has 6 nitrogen and oxygen atoms in total. The second-order valence-electron chi connectivity index (χ2n) is 7.20. The lowest BCUT2D eigenvalue weighted by Gasteiger charge is -2.38. The van der Waals surface area contributed by atoms with Crippen molar-refractivity contribution >= 4 is 5.91 Å². The highest BCUT2D eigenvalue weighted by Gasteiger charge is 2.44. The Morgan fingerprint density at radius 3 is 2.54 bits per heavy atom. The highest BCUT2D eigenvalue weighted by Crippen LogP contribution is 2.38. The van der Waals surface area contributed by atoms with Gasteiger partial charge in [-0.3, -0.25) is 9.48 Å². The van der Waals surface area contributed by atoms with Crippen molar-refractivity contribution in [3.8, 4) is 17.0 Å². The number of ether oxygens (including phenoxy) is 2. The summed E-state index contributed by atoms with van der Waals surface area (Å²) in [4.78, 5) is 15.3. The summed E-state index contributed by atoms with van der Waals surface area (Å²) in [6.07, 6.45) is 4.27. The molecule has 1 aromatic carbocycles. The van der Waals surface area contributed by atoms with E-state index < -0.39 is 0 Å². The molecule has 2 unspecified atom stereocenters. The predicted molar refractivity (Wildman–Crippen MR) is 98.2 cm³/mol. The summed E-state index contributed by atoms with van der Waals surface area (Å²) in [5.41, 5.74) is 2.37. The van der Waals surface area contributed by atoms with E-state index in [0.29, 0.717) is 5.69 Å². The van der Waals surface area contributed by atoms with Crippen molar-refractivity contribution in [3.05, 3.63) is 36.0 Å². The van der Waals surface area contributed by atoms with Crippen LogP contribution in [0.25, 0.3) is 11.3 Å². The summed E-state index contributed by atoms with van der Waals surface area (Å²) in [5.74, 6) is 0.858. The van der Waals surface area contributed by atoms with Crippen molar-refractivity contribution in [2.75, 3.05) is 14.2 Å². The van der Waals surface area contributed by atoms with E-state index in [-0.39, 0.29) is 24.1 Å². The number of piperidine rings is 1. The van der Waals surface area contributed by atoms with Crippen molar-refractivity contribution in [2.24, 2.45) is 7.05 Å². The zero-order chi connectivity index (χ0) is 18.3. The zero-order valence-corrected chi connectivity index (χ0v) is 15.5. The summed E-state index contributed by atoms with van der Waals surface area (Å²) >= 11 is 0. The Bertz CT molecular complexity index is 802. The molecular weight excluding hydrogens is 330 g/mol. The first-order chi connectivity index (χ1) is 12.6. The van der Waals surface area contributed by atoms with Crippen LogP contribution in [0.1, 0.15) is 36.2 Å². The molecule has 0 saturated carbocycles. The molecule has 2 aliphatic rings. The molecule has 2 saturated heterocycles. The highest BCUT2D eigenvalue weighted by molar-refractivity contribution is 5.94. The van der Waals surface area contributed by atoms with Gasteiger partial charge in [-0.25, -0.2) is 0 Å². The maximum atomic E-state index is 13.2. The van der Waals surface area contributed by atoms with Crippen LogP contribution in [0.3, 0.4) is 0 Å². The monoisotopic (exact) mass is 355 g/mol. The number of rotatable bonds is 4. The molecule has 2 aromatic rings. The van der Waals surface area contributed by atoms with Gasteiger partial charge in [-0.15, -0.1) is 0 Å². The maximum absolute atomic E-state index is 13.2. The first kappa shape index (κ1) is 17.1. The summed E-state index contributed by atoms with van der Waals surface area (Å²) in [5, 5.41) is 4.56. The minimum atomic E-state index is 0.0798. The van der Waals surface area contributed by atoms with E-state index in [1.165, 1.54) is 0 Å². The van der Waals surface area contributed by atoms with Gasteiger partial charge in [0.05, 0.1) is 18.9 Å². The molecule has 6 heteroatoms. The van der Waals surface area contributed by atoms with Gasteiger partial charge in [0.25, 0.3) is 5.91 Å². The molecule has 3 heterocycles. The van der Waals surface area contributed by atoms with E-state index in [9.17, 15) is 4.79 Å². The summed E-state index contributed by atoms with van der Waals surface area (Å²) in [6, 6.07) is 10.2. The Labute approximate surface area is 153 Å². The Morgan fingerprint density at radius 1 is 1.15 bits per heavy atom. The fourth-order valence-electron chi connectivity index (χ4n) is 4.37. The molecule has 2 bridgehead atoms. The molecule has 1 amide bonds. The molecule has 4 rings (SSSR count). The number of methoxy groups -OCH3 is 2. The number of aromatic nitrogens is 2. The molecule has 2 fully saturated rings. The van der Waals surface area contributed by atoms with Gasteiger partial charge in [-0.2, -0.15) is 5.10 Å². The number of fused-ring (bicyclic) bond motifs is 2. The summed E-state index contributed by atoms with van der Waals surface area (Å²) < 4.78 is 12.5. The van der Waals surface area contributed by atoms with E-state index in [1.807, 2.05) is 37.4 Å². The Hall–Kier alpha value is -2.34. The Morgan fingerprint density at radius 2 is 1.88 bits per heavy atom. The van der Waals surface area contributed by atoms with Gasteiger partial charge >= 0.3 is 0 Å². The molecule has 0 radical (unpaired) electrons. The fraction of sp³-hybridized carbons (Fsp3) is 0.500. The Balaban J connectivity index is 1.61. The lowest BCUT2D eigenvalue weighted by atomic mass is 9.99. The summed E-state index contributed by atoms with van der Waals surface area (Å²) in [7, 11) is 5.25.